The maximum Gasteiger partial charge on any atom is 0.0541 e. The Morgan fingerprint density at radius 3 is 0.444 bits per heavy atom. The van der Waals surface area contributed by atoms with Gasteiger partial charge in [-0.15, -0.1) is 0 Å². The molecule has 6 heteroatoms. The molecule has 19 rings (SSSR count). The molecule has 108 heavy (non-hydrogen) atoms. The second-order valence-corrected chi connectivity index (χ2v) is 27.3. The second kappa shape index (κ2) is 28.3. The van der Waals surface area contributed by atoms with Crippen molar-refractivity contribution in [1.82, 2.24) is 9.13 Å². The smallest absolute Gasteiger partial charge is 0.0541 e. The molecule has 2 heterocycles. The predicted molar refractivity (Wildman–Crippen MR) is 456 cm³/mol. The number of para-hydroxylation sites is 8. The van der Waals surface area contributed by atoms with E-state index in [0.717, 1.165) is 146 Å². The first kappa shape index (κ1) is 64.4. The topological polar surface area (TPSA) is 22.8 Å². The van der Waals surface area contributed by atoms with Crippen LogP contribution in [0.5, 0.6) is 0 Å². The van der Waals surface area contributed by atoms with Crippen LogP contribution < -0.4 is 19.6 Å². The average molecular weight is 1380 g/mol. The molecule has 0 bridgehead atoms. The quantitative estimate of drug-likeness (QED) is 0.0854. The zero-order valence-corrected chi connectivity index (χ0v) is 59.3. The van der Waals surface area contributed by atoms with Crippen molar-refractivity contribution in [3.05, 3.63) is 437 Å². The lowest BCUT2D eigenvalue weighted by atomic mass is 9.99. The second-order valence-electron chi connectivity index (χ2n) is 27.3. The van der Waals surface area contributed by atoms with Gasteiger partial charge in [-0.05, 0) is 263 Å². The predicted octanol–water partition coefficient (Wildman–Crippen LogP) is 28.4. The summed E-state index contributed by atoms with van der Waals surface area (Å²) in [4.78, 5) is 9.26. The Labute approximate surface area is 629 Å². The molecular weight excluding hydrogens is 1310 g/mol. The van der Waals surface area contributed by atoms with Gasteiger partial charge in [-0.25, -0.2) is 0 Å². The number of benzene rings is 17. The molecule has 0 atom stereocenters. The maximum atomic E-state index is 2.45. The van der Waals surface area contributed by atoms with Crippen molar-refractivity contribution < 1.29 is 0 Å². The number of fused-ring (bicyclic) bond motifs is 6. The maximum absolute atomic E-state index is 2.45. The highest BCUT2D eigenvalue weighted by molar-refractivity contribution is 6.13. The fraction of sp³-hybridized carbons (Fsp3) is 0. The molecule has 0 fully saturated rings. The van der Waals surface area contributed by atoms with Gasteiger partial charge in [-0.2, -0.15) is 0 Å². The molecule has 0 amide bonds. The first-order valence-corrected chi connectivity index (χ1v) is 36.9. The van der Waals surface area contributed by atoms with Gasteiger partial charge in [0.15, 0.2) is 0 Å². The summed E-state index contributed by atoms with van der Waals surface area (Å²) in [5, 5.41) is 4.71. The van der Waals surface area contributed by atoms with Crippen LogP contribution in [0.2, 0.25) is 0 Å². The minimum Gasteiger partial charge on any atom is -0.311 e. The van der Waals surface area contributed by atoms with Crippen LogP contribution in [0.3, 0.4) is 0 Å². The van der Waals surface area contributed by atoms with Gasteiger partial charge < -0.3 is 28.7 Å². The van der Waals surface area contributed by atoms with Crippen LogP contribution in [0.4, 0.5) is 68.2 Å². The largest absolute Gasteiger partial charge is 0.311 e. The lowest BCUT2D eigenvalue weighted by Gasteiger charge is -2.25. The number of rotatable bonds is 18. The van der Waals surface area contributed by atoms with E-state index in [4.69, 9.17) is 0 Å². The Hall–Kier alpha value is -14.5. The summed E-state index contributed by atoms with van der Waals surface area (Å²) in [7, 11) is 0. The fourth-order valence-corrected chi connectivity index (χ4v) is 15.7. The molecular formula is C102H72N6. The first-order valence-electron chi connectivity index (χ1n) is 36.9. The Bertz CT molecular complexity index is 5420. The number of hydrogen-bond acceptors (Lipinski definition) is 4. The van der Waals surface area contributed by atoms with Gasteiger partial charge in [-0.1, -0.05) is 218 Å². The summed E-state index contributed by atoms with van der Waals surface area (Å²) in [6.07, 6.45) is 0. The molecule has 2 aromatic heterocycles. The van der Waals surface area contributed by atoms with E-state index in [9.17, 15) is 0 Å². The molecule has 19 aromatic rings. The molecule has 0 saturated carbocycles. The van der Waals surface area contributed by atoms with E-state index in [1.807, 2.05) is 0 Å². The van der Waals surface area contributed by atoms with Crippen molar-refractivity contribution >= 4 is 112 Å². The summed E-state index contributed by atoms with van der Waals surface area (Å²) in [6.45, 7) is 0. The summed E-state index contributed by atoms with van der Waals surface area (Å²) in [5.74, 6) is 0. The van der Waals surface area contributed by atoms with Crippen molar-refractivity contribution in [2.75, 3.05) is 19.6 Å². The first-order chi connectivity index (χ1) is 53.6. The molecule has 0 aliphatic carbocycles. The van der Waals surface area contributed by atoms with E-state index in [-0.39, 0.29) is 0 Å². The van der Waals surface area contributed by atoms with Gasteiger partial charge in [0.2, 0.25) is 0 Å². The third kappa shape index (κ3) is 12.2. The highest BCUT2D eigenvalue weighted by Crippen LogP contribution is 2.45. The van der Waals surface area contributed by atoms with Crippen LogP contribution >= 0.6 is 0 Å². The van der Waals surface area contributed by atoms with Crippen LogP contribution in [0.25, 0.3) is 99.5 Å². The van der Waals surface area contributed by atoms with E-state index in [2.05, 4.69) is 466 Å². The molecule has 0 aliphatic rings. The highest BCUT2D eigenvalue weighted by atomic mass is 15.2. The molecule has 510 valence electrons. The van der Waals surface area contributed by atoms with Crippen LogP contribution in [-0.4, -0.2) is 9.13 Å². The SMILES string of the molecule is c1ccc(N(c2ccccc2)c2ccc(-c3ccc4c(c3)c3cc(-c5ccc(N(c6ccccc6)c6ccccc6)cc5)ccc3n4-c3ccc(-n4c5ccc(-c6ccc(N(c7ccccc7)c7ccccc7)cc6)cc5c5cc(-c6ccc(N(c7ccccc7)c7ccccc7)cc6)ccc54)cc3)cc2)cc1. The standard InChI is InChI=1S/C102H72N6/c1-9-25-81(26-10-1)103(82-27-11-2-12-28-82)89-53-41-73(42-54-89)77-49-65-99-95(69-77)96-70-78(74-43-55-90(56-44-74)104(83-29-13-3-14-30-83)84-31-15-4-16-32-84)50-66-100(96)107(99)93-61-63-94(64-62-93)108-101-67-51-79(75-45-57-91(58-46-75)105(85-33-17-5-18-34-85)86-35-19-6-20-36-86)71-97(101)98-72-80(52-68-102(98)108)76-47-59-92(60-48-76)106(87-37-21-7-22-38-87)88-39-23-8-24-40-88/h1-72H. The Balaban J connectivity index is 0.718. The third-order valence-electron chi connectivity index (χ3n) is 20.8. The summed E-state index contributed by atoms with van der Waals surface area (Å²) >= 11 is 0. The Morgan fingerprint density at radius 1 is 0.130 bits per heavy atom. The molecule has 0 saturated heterocycles. The zero-order valence-electron chi connectivity index (χ0n) is 59.3. The monoisotopic (exact) mass is 1380 g/mol. The fourth-order valence-electron chi connectivity index (χ4n) is 15.7. The lowest BCUT2D eigenvalue weighted by molar-refractivity contribution is 1.14. The van der Waals surface area contributed by atoms with E-state index >= 15 is 0 Å². The minimum absolute atomic E-state index is 1.07. The Kier molecular flexibility index (Phi) is 16.9. The number of aromatic nitrogens is 2. The van der Waals surface area contributed by atoms with E-state index in [1.165, 1.54) is 21.5 Å². The molecule has 0 unspecified atom stereocenters. The lowest BCUT2D eigenvalue weighted by Crippen LogP contribution is -2.09. The van der Waals surface area contributed by atoms with Crippen LogP contribution in [-0.2, 0) is 0 Å². The third-order valence-corrected chi connectivity index (χ3v) is 20.8. The summed E-state index contributed by atoms with van der Waals surface area (Å²) in [5.41, 5.74) is 29.0. The summed E-state index contributed by atoms with van der Waals surface area (Å²) in [6, 6.07) is 158. The molecule has 6 nitrogen and oxygen atoms in total. The van der Waals surface area contributed by atoms with E-state index in [0.29, 0.717) is 0 Å². The van der Waals surface area contributed by atoms with Gasteiger partial charge in [0.25, 0.3) is 0 Å². The van der Waals surface area contributed by atoms with Crippen LogP contribution in [0.15, 0.2) is 437 Å². The molecule has 17 aromatic carbocycles. The van der Waals surface area contributed by atoms with Gasteiger partial charge in [0, 0.05) is 101 Å². The number of nitrogens with zero attached hydrogens (tertiary/aromatic N) is 6. The van der Waals surface area contributed by atoms with Gasteiger partial charge >= 0.3 is 0 Å². The number of anilines is 12. The average Bonchev–Trinajstić information content (AvgIpc) is 1.58. The molecule has 0 radical (unpaired) electrons. The van der Waals surface area contributed by atoms with Crippen molar-refractivity contribution in [3.8, 4) is 55.9 Å². The van der Waals surface area contributed by atoms with Crippen molar-refractivity contribution in [1.29, 1.82) is 0 Å². The van der Waals surface area contributed by atoms with Crippen molar-refractivity contribution in [2.45, 2.75) is 0 Å². The number of hydrogen-bond donors (Lipinski definition) is 0. The van der Waals surface area contributed by atoms with Gasteiger partial charge in [0.1, 0.15) is 0 Å². The van der Waals surface area contributed by atoms with Crippen LogP contribution in [0.1, 0.15) is 0 Å². The van der Waals surface area contributed by atoms with Gasteiger partial charge in [-0.3, -0.25) is 0 Å². The zero-order chi connectivity index (χ0) is 71.7. The van der Waals surface area contributed by atoms with Crippen molar-refractivity contribution in [3.63, 3.8) is 0 Å². The minimum atomic E-state index is 1.07. The van der Waals surface area contributed by atoms with E-state index in [1.54, 1.807) is 0 Å². The van der Waals surface area contributed by atoms with Crippen LogP contribution in [0, 0.1) is 0 Å². The molecule has 0 N–H and O–H groups in total. The molecule has 0 aliphatic heterocycles. The van der Waals surface area contributed by atoms with Crippen molar-refractivity contribution in [2.24, 2.45) is 0 Å². The van der Waals surface area contributed by atoms with E-state index < -0.39 is 0 Å². The molecule has 0 spiro atoms. The Morgan fingerprint density at radius 2 is 0.278 bits per heavy atom. The highest BCUT2D eigenvalue weighted by Gasteiger charge is 2.22. The summed E-state index contributed by atoms with van der Waals surface area (Å²) < 4.78 is 4.89. The normalized spacial score (nSPS) is 11.3. The van der Waals surface area contributed by atoms with Gasteiger partial charge in [0.05, 0.1) is 22.1 Å².